The molecule has 0 saturated carbocycles. The van der Waals surface area contributed by atoms with Crippen LogP contribution in [0.3, 0.4) is 0 Å². The summed E-state index contributed by atoms with van der Waals surface area (Å²) in [5.41, 5.74) is 1.65. The number of methoxy groups -OCH3 is 1. The number of hydrogen-bond donors (Lipinski definition) is 1. The molecule has 156 valence electrons. The molecule has 1 saturated heterocycles. The predicted molar refractivity (Wildman–Crippen MR) is 109 cm³/mol. The molecule has 0 aliphatic carbocycles. The molecule has 1 aliphatic heterocycles. The minimum Gasteiger partial charge on any atom is -0.453 e. The highest BCUT2D eigenvalue weighted by Gasteiger charge is 2.37. The van der Waals surface area contributed by atoms with Gasteiger partial charge in [-0.25, -0.2) is 22.3 Å². The van der Waals surface area contributed by atoms with Gasteiger partial charge in [-0.2, -0.15) is 0 Å². The molecule has 8 heteroatoms. The molecule has 0 unspecified atom stereocenters. The number of amides is 1. The molecule has 0 aromatic heterocycles. The zero-order valence-electron chi connectivity index (χ0n) is 16.5. The van der Waals surface area contributed by atoms with Crippen molar-refractivity contribution in [3.8, 4) is 11.1 Å². The monoisotopic (exact) mass is 420 g/mol. The molecule has 1 amide bonds. The molecule has 2 atom stereocenters. The molecule has 3 rings (SSSR count). The van der Waals surface area contributed by atoms with Crippen LogP contribution < -0.4 is 4.72 Å². The molecule has 0 radical (unpaired) electrons. The summed E-state index contributed by atoms with van der Waals surface area (Å²) < 4.78 is 46.5. The van der Waals surface area contributed by atoms with Crippen molar-refractivity contribution in [1.29, 1.82) is 0 Å². The number of piperidine rings is 1. The van der Waals surface area contributed by atoms with Gasteiger partial charge in [-0.15, -0.1) is 0 Å². The van der Waals surface area contributed by atoms with E-state index in [-0.39, 0.29) is 12.2 Å². The Kier molecular flexibility index (Phi) is 6.54. The molecule has 29 heavy (non-hydrogen) atoms. The summed E-state index contributed by atoms with van der Waals surface area (Å²) in [6.07, 6.45) is 1.90. The van der Waals surface area contributed by atoms with Crippen molar-refractivity contribution in [3.05, 3.63) is 59.9 Å². The van der Waals surface area contributed by atoms with Gasteiger partial charge in [-0.1, -0.05) is 48.5 Å². The van der Waals surface area contributed by atoms with Crippen LogP contribution in [0.2, 0.25) is 0 Å². The third-order valence-electron chi connectivity index (χ3n) is 5.15. The van der Waals surface area contributed by atoms with Crippen LogP contribution in [0, 0.1) is 5.82 Å². The third kappa shape index (κ3) is 5.13. The van der Waals surface area contributed by atoms with E-state index in [4.69, 9.17) is 4.74 Å². The quantitative estimate of drug-likeness (QED) is 0.806. The molecular weight excluding hydrogens is 395 g/mol. The van der Waals surface area contributed by atoms with Gasteiger partial charge in [-0.3, -0.25) is 0 Å². The minimum atomic E-state index is -3.49. The number of halogens is 1. The highest BCUT2D eigenvalue weighted by atomic mass is 32.2. The molecule has 2 aromatic carbocycles. The summed E-state index contributed by atoms with van der Waals surface area (Å²) in [6.45, 7) is 0.430. The van der Waals surface area contributed by atoms with Crippen molar-refractivity contribution in [2.45, 2.75) is 31.3 Å². The molecule has 1 heterocycles. The topological polar surface area (TPSA) is 75.7 Å². The minimum absolute atomic E-state index is 0.175. The summed E-state index contributed by atoms with van der Waals surface area (Å²) in [5.74, 6) is -0.368. The highest BCUT2D eigenvalue weighted by molar-refractivity contribution is 7.88. The average Bonchev–Trinajstić information content (AvgIpc) is 2.69. The molecule has 1 fully saturated rings. The number of hydrogen-bond acceptors (Lipinski definition) is 4. The largest absolute Gasteiger partial charge is 0.453 e. The van der Waals surface area contributed by atoms with Gasteiger partial charge in [0.25, 0.3) is 0 Å². The molecule has 1 N–H and O–H groups in total. The van der Waals surface area contributed by atoms with Gasteiger partial charge in [0.1, 0.15) is 5.82 Å². The maximum Gasteiger partial charge on any atom is 0.409 e. The smallest absolute Gasteiger partial charge is 0.409 e. The van der Waals surface area contributed by atoms with Gasteiger partial charge in [-0.05, 0) is 30.4 Å². The number of nitrogens with one attached hydrogen (secondary N) is 1. The van der Waals surface area contributed by atoms with Gasteiger partial charge < -0.3 is 9.64 Å². The van der Waals surface area contributed by atoms with Gasteiger partial charge >= 0.3 is 6.09 Å². The Bertz CT molecular complexity index is 966. The number of benzene rings is 2. The fourth-order valence-electron chi connectivity index (χ4n) is 3.87. The van der Waals surface area contributed by atoms with Gasteiger partial charge in [0.2, 0.25) is 10.0 Å². The Morgan fingerprint density at radius 3 is 2.59 bits per heavy atom. The lowest BCUT2D eigenvalue weighted by molar-refractivity contribution is 0.0790. The van der Waals surface area contributed by atoms with E-state index in [1.165, 1.54) is 12.0 Å². The number of carbonyl (C=O) groups is 1. The SMILES string of the molecule is COC(=O)N1CCC[C@H](NS(C)(=O)=O)[C@@H]1Cc1cccc(-c2ccccc2)c1F. The fourth-order valence-corrected chi connectivity index (χ4v) is 4.69. The molecule has 2 aromatic rings. The first-order valence-corrected chi connectivity index (χ1v) is 11.3. The van der Waals surface area contributed by atoms with Crippen molar-refractivity contribution in [1.82, 2.24) is 9.62 Å². The summed E-state index contributed by atoms with van der Waals surface area (Å²) in [7, 11) is -2.21. The Labute approximate surface area is 170 Å². The Morgan fingerprint density at radius 1 is 1.21 bits per heavy atom. The van der Waals surface area contributed by atoms with Crippen molar-refractivity contribution in [3.63, 3.8) is 0 Å². The first-order valence-electron chi connectivity index (χ1n) is 9.45. The second-order valence-corrected chi connectivity index (χ2v) is 9.00. The van der Waals surface area contributed by atoms with Gasteiger partial charge in [0.05, 0.1) is 19.4 Å². The van der Waals surface area contributed by atoms with Crippen molar-refractivity contribution in [2.75, 3.05) is 19.9 Å². The second kappa shape index (κ2) is 8.92. The fraction of sp³-hybridized carbons (Fsp3) is 0.381. The number of likely N-dealkylation sites (tertiary alicyclic amines) is 1. The maximum absolute atomic E-state index is 15.3. The van der Waals surface area contributed by atoms with E-state index in [0.717, 1.165) is 11.8 Å². The van der Waals surface area contributed by atoms with Crippen LogP contribution in [0.15, 0.2) is 48.5 Å². The van der Waals surface area contributed by atoms with Gasteiger partial charge in [0.15, 0.2) is 0 Å². The lowest BCUT2D eigenvalue weighted by Gasteiger charge is -2.40. The standard InChI is InChI=1S/C21H25FN2O4S/c1-28-21(25)24-13-7-12-18(23-29(2,26)27)19(24)14-16-10-6-11-17(20(16)22)15-8-4-3-5-9-15/h3-6,8-11,18-19,23H,7,12-14H2,1-2H3/t18-,19-/m0/s1. The Hall–Kier alpha value is -2.45. The van der Waals surface area contributed by atoms with Crippen molar-refractivity contribution < 1.29 is 22.3 Å². The van der Waals surface area contributed by atoms with E-state index >= 15 is 4.39 Å². The lowest BCUT2D eigenvalue weighted by atomic mass is 9.90. The predicted octanol–water partition coefficient (Wildman–Crippen LogP) is 3.18. The number of sulfonamides is 1. The number of rotatable bonds is 5. The van der Waals surface area contributed by atoms with Crippen LogP contribution >= 0.6 is 0 Å². The van der Waals surface area contributed by atoms with E-state index < -0.39 is 28.2 Å². The van der Waals surface area contributed by atoms with Crippen LogP contribution in [-0.4, -0.2) is 51.4 Å². The summed E-state index contributed by atoms with van der Waals surface area (Å²) in [5, 5.41) is 0. The Morgan fingerprint density at radius 2 is 1.93 bits per heavy atom. The number of nitrogens with zero attached hydrogens (tertiary/aromatic N) is 1. The molecule has 0 spiro atoms. The van der Waals surface area contributed by atoms with Crippen LogP contribution in [0.1, 0.15) is 18.4 Å². The highest BCUT2D eigenvalue weighted by Crippen LogP contribution is 2.28. The number of carbonyl (C=O) groups excluding carboxylic acids is 1. The van der Waals surface area contributed by atoms with Crippen molar-refractivity contribution >= 4 is 16.1 Å². The van der Waals surface area contributed by atoms with Crippen LogP contribution in [0.4, 0.5) is 9.18 Å². The van der Waals surface area contributed by atoms with E-state index in [1.54, 1.807) is 18.2 Å². The normalized spacial score (nSPS) is 19.8. The van der Waals surface area contributed by atoms with Crippen LogP contribution in [-0.2, 0) is 21.2 Å². The van der Waals surface area contributed by atoms with E-state index in [2.05, 4.69) is 4.72 Å². The zero-order valence-corrected chi connectivity index (χ0v) is 17.3. The van der Waals surface area contributed by atoms with E-state index in [0.29, 0.717) is 30.5 Å². The summed E-state index contributed by atoms with van der Waals surface area (Å²) in [6, 6.07) is 13.3. The molecule has 0 bridgehead atoms. The maximum atomic E-state index is 15.3. The number of ether oxygens (including phenoxy) is 1. The summed E-state index contributed by atoms with van der Waals surface area (Å²) >= 11 is 0. The third-order valence-corrected chi connectivity index (χ3v) is 5.88. The molecule has 1 aliphatic rings. The zero-order chi connectivity index (χ0) is 21.0. The van der Waals surface area contributed by atoms with Crippen LogP contribution in [0.5, 0.6) is 0 Å². The molecular formula is C21H25FN2O4S. The van der Waals surface area contributed by atoms with E-state index in [1.807, 2.05) is 30.3 Å². The summed E-state index contributed by atoms with van der Waals surface area (Å²) in [4.78, 5) is 13.8. The average molecular weight is 421 g/mol. The van der Waals surface area contributed by atoms with Crippen LogP contribution in [0.25, 0.3) is 11.1 Å². The van der Waals surface area contributed by atoms with Crippen molar-refractivity contribution in [2.24, 2.45) is 0 Å². The second-order valence-electron chi connectivity index (χ2n) is 7.22. The lowest BCUT2D eigenvalue weighted by Crippen LogP contribution is -2.57. The van der Waals surface area contributed by atoms with Gasteiger partial charge in [0, 0.05) is 18.2 Å². The van der Waals surface area contributed by atoms with E-state index in [9.17, 15) is 13.2 Å². The first-order chi connectivity index (χ1) is 13.8. The first kappa shape index (κ1) is 21.3. The Balaban J connectivity index is 1.96. The molecule has 6 nitrogen and oxygen atoms in total.